The number of nitrogens with one attached hydrogen (secondary N) is 2. The second kappa shape index (κ2) is 7.44. The van der Waals surface area contributed by atoms with Crippen LogP contribution in [-0.4, -0.2) is 40.8 Å². The molecule has 1 atom stereocenters. The summed E-state index contributed by atoms with van der Waals surface area (Å²) in [6.07, 6.45) is -4.90. The summed E-state index contributed by atoms with van der Waals surface area (Å²) in [5.41, 5.74) is 0.329. The molecule has 0 saturated heterocycles. The van der Waals surface area contributed by atoms with E-state index in [-0.39, 0.29) is 18.0 Å². The highest BCUT2D eigenvalue weighted by Gasteiger charge is 2.59. The monoisotopic (exact) mass is 404 g/mol. The maximum absolute atomic E-state index is 12.8. The lowest BCUT2D eigenvalue weighted by Crippen LogP contribution is -2.22. The van der Waals surface area contributed by atoms with Crippen molar-refractivity contribution in [2.24, 2.45) is 0 Å². The fourth-order valence-corrected chi connectivity index (χ4v) is 2.00. The van der Waals surface area contributed by atoms with Crippen LogP contribution >= 0.6 is 0 Å². The molecule has 0 radical (unpaired) electrons. The van der Waals surface area contributed by atoms with E-state index < -0.39 is 36.9 Å². The Balaban J connectivity index is 1.51. The minimum Gasteiger partial charge on any atom is -0.484 e. The zero-order valence-corrected chi connectivity index (χ0v) is 14.0. The van der Waals surface area contributed by atoms with Crippen molar-refractivity contribution >= 4 is 17.5 Å². The molecule has 2 N–H and O–H groups in total. The minimum absolute atomic E-state index is 0.0828. The molecule has 2 aromatic rings. The zero-order valence-electron chi connectivity index (χ0n) is 14.0. The van der Waals surface area contributed by atoms with Gasteiger partial charge in [0.1, 0.15) is 11.6 Å². The number of hydrogen-bond donors (Lipinski definition) is 2. The smallest absolute Gasteiger partial charge is 0.422 e. The number of carbonyl (C=O) groups is 1. The molecule has 7 nitrogen and oxygen atoms in total. The molecule has 150 valence electrons. The molecule has 28 heavy (non-hydrogen) atoms. The molecule has 1 aliphatic rings. The van der Waals surface area contributed by atoms with Crippen molar-refractivity contribution in [3.63, 3.8) is 0 Å². The molecular formula is C16H13F5N4O3. The number of ether oxygens (including phenoxy) is 2. The molecule has 1 fully saturated rings. The molecule has 2 amide bonds. The average Bonchev–Trinajstić information content (AvgIpc) is 3.20. The standard InChI is InChI=1S/C16H13F5N4O3/c17-15(18)7-11(15)28-10-3-1-9(2-4-10)23-13(26)24-12-5-6-22-14(25-12)27-8-16(19,20)21/h1-6,11H,7-8H2,(H2,22,23,24,25,26). The number of aromatic nitrogens is 2. The van der Waals surface area contributed by atoms with Crippen molar-refractivity contribution in [1.29, 1.82) is 0 Å². The fourth-order valence-electron chi connectivity index (χ4n) is 2.00. The first kappa shape index (κ1) is 19.6. The van der Waals surface area contributed by atoms with Crippen LogP contribution in [0.2, 0.25) is 0 Å². The number of urea groups is 1. The van der Waals surface area contributed by atoms with Gasteiger partial charge in [-0.3, -0.25) is 5.32 Å². The van der Waals surface area contributed by atoms with E-state index in [4.69, 9.17) is 4.74 Å². The Morgan fingerprint density at radius 1 is 1.18 bits per heavy atom. The van der Waals surface area contributed by atoms with E-state index in [1.54, 1.807) is 0 Å². The van der Waals surface area contributed by atoms with Gasteiger partial charge in [-0.25, -0.2) is 18.6 Å². The van der Waals surface area contributed by atoms with Crippen LogP contribution in [-0.2, 0) is 0 Å². The number of rotatable bonds is 6. The normalized spacial score (nSPS) is 17.5. The molecule has 0 aliphatic heterocycles. The molecule has 1 aliphatic carbocycles. The predicted molar refractivity (Wildman–Crippen MR) is 86.6 cm³/mol. The number of alkyl halides is 5. The first-order chi connectivity index (χ1) is 13.1. The highest BCUT2D eigenvalue weighted by atomic mass is 19.4. The number of hydrogen-bond acceptors (Lipinski definition) is 5. The maximum Gasteiger partial charge on any atom is 0.422 e. The van der Waals surface area contributed by atoms with Gasteiger partial charge in [-0.2, -0.15) is 18.2 Å². The number of amides is 2. The molecule has 0 bridgehead atoms. The van der Waals surface area contributed by atoms with Gasteiger partial charge in [0.25, 0.3) is 5.92 Å². The number of benzene rings is 1. The van der Waals surface area contributed by atoms with Crippen molar-refractivity contribution in [1.82, 2.24) is 9.97 Å². The fraction of sp³-hybridized carbons (Fsp3) is 0.312. The van der Waals surface area contributed by atoms with E-state index >= 15 is 0 Å². The SMILES string of the molecule is O=C(Nc1ccc(OC2CC2(F)F)cc1)Nc1ccnc(OCC(F)(F)F)n1. The van der Waals surface area contributed by atoms with Gasteiger partial charge in [0.2, 0.25) is 0 Å². The maximum atomic E-state index is 12.8. The summed E-state index contributed by atoms with van der Waals surface area (Å²) in [4.78, 5) is 19.1. The van der Waals surface area contributed by atoms with Crippen LogP contribution in [0.5, 0.6) is 11.8 Å². The van der Waals surface area contributed by atoms with E-state index in [1.807, 2.05) is 0 Å². The first-order valence-electron chi connectivity index (χ1n) is 7.86. The highest BCUT2D eigenvalue weighted by molar-refractivity contribution is 5.99. The van der Waals surface area contributed by atoms with Crippen LogP contribution in [0.1, 0.15) is 6.42 Å². The summed E-state index contributed by atoms with van der Waals surface area (Å²) >= 11 is 0. The number of anilines is 2. The lowest BCUT2D eigenvalue weighted by atomic mass is 10.3. The molecule has 1 aromatic heterocycles. The molecule has 0 spiro atoms. The predicted octanol–water partition coefficient (Wildman–Crippen LogP) is 3.85. The summed E-state index contributed by atoms with van der Waals surface area (Å²) in [5.74, 6) is -2.66. The van der Waals surface area contributed by atoms with Gasteiger partial charge >= 0.3 is 18.2 Å². The first-order valence-corrected chi connectivity index (χ1v) is 7.86. The van der Waals surface area contributed by atoms with Crippen molar-refractivity contribution in [2.45, 2.75) is 24.6 Å². The van der Waals surface area contributed by atoms with Crippen LogP contribution < -0.4 is 20.1 Å². The molecular weight excluding hydrogens is 391 g/mol. The number of carbonyl (C=O) groups excluding carboxylic acids is 1. The summed E-state index contributed by atoms with van der Waals surface area (Å²) in [6, 6.07) is 5.68. The van der Waals surface area contributed by atoms with Crippen LogP contribution in [0, 0.1) is 0 Å². The van der Waals surface area contributed by atoms with Crippen molar-refractivity contribution < 1.29 is 36.2 Å². The van der Waals surface area contributed by atoms with Gasteiger partial charge in [0, 0.05) is 11.9 Å². The topological polar surface area (TPSA) is 85.4 Å². The highest BCUT2D eigenvalue weighted by Crippen LogP contribution is 2.44. The van der Waals surface area contributed by atoms with Crippen LogP contribution in [0.15, 0.2) is 36.5 Å². The minimum atomic E-state index is -4.55. The van der Waals surface area contributed by atoms with Gasteiger partial charge in [-0.1, -0.05) is 0 Å². The average molecular weight is 404 g/mol. The van der Waals surface area contributed by atoms with Crippen LogP contribution in [0.25, 0.3) is 0 Å². The Morgan fingerprint density at radius 2 is 1.86 bits per heavy atom. The number of nitrogens with zero attached hydrogens (tertiary/aromatic N) is 2. The van der Waals surface area contributed by atoms with Crippen molar-refractivity contribution in [3.8, 4) is 11.8 Å². The second-order valence-corrected chi connectivity index (χ2v) is 5.80. The zero-order chi connectivity index (χ0) is 20.4. The molecule has 12 heteroatoms. The molecule has 3 rings (SSSR count). The van der Waals surface area contributed by atoms with E-state index in [9.17, 15) is 26.7 Å². The summed E-state index contributed by atoms with van der Waals surface area (Å²) in [6.45, 7) is -1.57. The second-order valence-electron chi connectivity index (χ2n) is 5.80. The Bertz CT molecular complexity index is 845. The number of halogens is 5. The molecule has 1 unspecified atom stereocenters. The Morgan fingerprint density at radius 3 is 2.46 bits per heavy atom. The quantitative estimate of drug-likeness (QED) is 0.715. The van der Waals surface area contributed by atoms with Crippen molar-refractivity contribution in [3.05, 3.63) is 36.5 Å². The van der Waals surface area contributed by atoms with Gasteiger partial charge in [-0.05, 0) is 30.3 Å². The van der Waals surface area contributed by atoms with E-state index in [1.165, 1.54) is 30.3 Å². The van der Waals surface area contributed by atoms with Gasteiger partial charge in [0.15, 0.2) is 12.7 Å². The van der Waals surface area contributed by atoms with Gasteiger partial charge in [-0.15, -0.1) is 0 Å². The van der Waals surface area contributed by atoms with E-state index in [0.29, 0.717) is 5.69 Å². The van der Waals surface area contributed by atoms with E-state index in [0.717, 1.165) is 6.20 Å². The summed E-state index contributed by atoms with van der Waals surface area (Å²) < 4.78 is 71.5. The molecule has 1 heterocycles. The van der Waals surface area contributed by atoms with E-state index in [2.05, 4.69) is 25.3 Å². The Kier molecular flexibility index (Phi) is 5.21. The molecule has 1 saturated carbocycles. The Labute approximate surface area is 154 Å². The third-order valence-corrected chi connectivity index (χ3v) is 3.40. The lowest BCUT2D eigenvalue weighted by Gasteiger charge is -2.10. The summed E-state index contributed by atoms with van der Waals surface area (Å²) in [5, 5.41) is 4.75. The largest absolute Gasteiger partial charge is 0.484 e. The lowest BCUT2D eigenvalue weighted by molar-refractivity contribution is -0.154. The van der Waals surface area contributed by atoms with Crippen LogP contribution in [0.3, 0.4) is 0 Å². The van der Waals surface area contributed by atoms with Crippen molar-refractivity contribution in [2.75, 3.05) is 17.2 Å². The van der Waals surface area contributed by atoms with Crippen LogP contribution in [0.4, 0.5) is 38.3 Å². The van der Waals surface area contributed by atoms with Gasteiger partial charge in [0.05, 0.1) is 6.42 Å². The third kappa shape index (κ3) is 5.66. The summed E-state index contributed by atoms with van der Waals surface area (Å²) in [7, 11) is 0. The van der Waals surface area contributed by atoms with Gasteiger partial charge < -0.3 is 14.8 Å². The Hall–Kier alpha value is -3.18. The third-order valence-electron chi connectivity index (χ3n) is 3.40. The molecule has 1 aromatic carbocycles.